The highest BCUT2D eigenvalue weighted by Crippen LogP contribution is 2.23. The van der Waals surface area contributed by atoms with Crippen LogP contribution < -0.4 is 5.32 Å². The smallest absolute Gasteiger partial charge is 0.338 e. The van der Waals surface area contributed by atoms with Crippen LogP contribution in [-0.2, 0) is 19.6 Å². The van der Waals surface area contributed by atoms with E-state index in [1.807, 2.05) is 0 Å². The van der Waals surface area contributed by atoms with Gasteiger partial charge in [0.1, 0.15) is 5.82 Å². The van der Waals surface area contributed by atoms with Crippen LogP contribution >= 0.6 is 11.6 Å². The molecular formula is C18H18ClFN2O5S. The molecule has 0 heterocycles. The molecule has 0 fully saturated rings. The number of benzene rings is 2. The van der Waals surface area contributed by atoms with E-state index in [-0.39, 0.29) is 21.2 Å². The van der Waals surface area contributed by atoms with Gasteiger partial charge in [0, 0.05) is 14.1 Å². The van der Waals surface area contributed by atoms with E-state index in [0.717, 1.165) is 16.4 Å². The first-order valence-corrected chi connectivity index (χ1v) is 9.83. The molecule has 0 aromatic heterocycles. The number of amides is 1. The molecule has 0 aliphatic rings. The van der Waals surface area contributed by atoms with Crippen molar-refractivity contribution >= 4 is 39.2 Å². The molecule has 1 atom stereocenters. The van der Waals surface area contributed by atoms with Crippen LogP contribution in [0.3, 0.4) is 0 Å². The number of rotatable bonds is 6. The Morgan fingerprint density at radius 1 is 1.14 bits per heavy atom. The number of carbonyl (C=O) groups excluding carboxylic acids is 2. The predicted octanol–water partition coefficient (Wildman–Crippen LogP) is 2.91. The zero-order valence-corrected chi connectivity index (χ0v) is 16.8. The second-order valence-corrected chi connectivity index (χ2v) is 8.53. The van der Waals surface area contributed by atoms with Crippen LogP contribution in [0.2, 0.25) is 5.02 Å². The SMILES string of the molecule is C[C@H](OC(=O)c1ccc(S(=O)(=O)N(C)C)cc1)C(=O)Nc1ccc(F)cc1Cl. The first-order valence-electron chi connectivity index (χ1n) is 8.02. The van der Waals surface area contributed by atoms with Crippen molar-refractivity contribution in [3.63, 3.8) is 0 Å². The van der Waals surface area contributed by atoms with Crippen LogP contribution in [0.1, 0.15) is 17.3 Å². The van der Waals surface area contributed by atoms with E-state index in [4.69, 9.17) is 16.3 Å². The van der Waals surface area contributed by atoms with Crippen molar-refractivity contribution in [3.05, 3.63) is 58.9 Å². The molecule has 28 heavy (non-hydrogen) atoms. The van der Waals surface area contributed by atoms with Gasteiger partial charge in [-0.05, 0) is 49.4 Å². The lowest BCUT2D eigenvalue weighted by Crippen LogP contribution is -2.30. The molecule has 0 aliphatic carbocycles. The minimum Gasteiger partial charge on any atom is -0.449 e. The average Bonchev–Trinajstić information content (AvgIpc) is 2.63. The van der Waals surface area contributed by atoms with Crippen molar-refractivity contribution < 1.29 is 27.1 Å². The van der Waals surface area contributed by atoms with Gasteiger partial charge in [-0.25, -0.2) is 21.9 Å². The van der Waals surface area contributed by atoms with Gasteiger partial charge < -0.3 is 10.1 Å². The Bertz CT molecular complexity index is 994. The molecule has 0 saturated heterocycles. The Morgan fingerprint density at radius 2 is 1.75 bits per heavy atom. The van der Waals surface area contributed by atoms with Crippen molar-refractivity contribution in [2.75, 3.05) is 19.4 Å². The maximum absolute atomic E-state index is 13.0. The Balaban J connectivity index is 2.04. The standard InChI is InChI=1S/C18H18ClFN2O5S/c1-11(17(23)21-16-9-6-13(20)10-15(16)19)27-18(24)12-4-7-14(8-5-12)28(25,26)22(2)3/h4-11H,1-3H3,(H,21,23)/t11-/m0/s1. The first kappa shape index (κ1) is 21.8. The number of nitrogens with zero attached hydrogens (tertiary/aromatic N) is 1. The van der Waals surface area contributed by atoms with Gasteiger partial charge in [-0.3, -0.25) is 4.79 Å². The summed E-state index contributed by atoms with van der Waals surface area (Å²) in [5.41, 5.74) is 0.256. The molecule has 1 amide bonds. The van der Waals surface area contributed by atoms with Crippen LogP contribution in [0, 0.1) is 5.82 Å². The maximum atomic E-state index is 13.0. The van der Waals surface area contributed by atoms with E-state index < -0.39 is 33.8 Å². The monoisotopic (exact) mass is 428 g/mol. The fraction of sp³-hybridized carbons (Fsp3) is 0.222. The highest BCUT2D eigenvalue weighted by molar-refractivity contribution is 7.89. The maximum Gasteiger partial charge on any atom is 0.338 e. The first-order chi connectivity index (χ1) is 13.0. The summed E-state index contributed by atoms with van der Waals surface area (Å²) in [5, 5.41) is 2.44. The van der Waals surface area contributed by atoms with Gasteiger partial charge in [0.2, 0.25) is 10.0 Å². The summed E-state index contributed by atoms with van der Waals surface area (Å²) in [7, 11) is -0.832. The van der Waals surface area contributed by atoms with Crippen molar-refractivity contribution in [2.24, 2.45) is 0 Å². The highest BCUT2D eigenvalue weighted by atomic mass is 35.5. The fourth-order valence-corrected chi connectivity index (χ4v) is 3.20. The normalized spacial score (nSPS) is 12.5. The quantitative estimate of drug-likeness (QED) is 0.714. The lowest BCUT2D eigenvalue weighted by Gasteiger charge is -2.15. The number of sulfonamides is 1. The van der Waals surface area contributed by atoms with Crippen molar-refractivity contribution in [1.29, 1.82) is 0 Å². The van der Waals surface area contributed by atoms with Gasteiger partial charge in [0.15, 0.2) is 6.10 Å². The third-order valence-corrected chi connectivity index (χ3v) is 5.85. The Kier molecular flexibility index (Phi) is 6.76. The largest absolute Gasteiger partial charge is 0.449 e. The number of anilines is 1. The molecule has 10 heteroatoms. The van der Waals surface area contributed by atoms with E-state index in [1.165, 1.54) is 51.4 Å². The number of esters is 1. The van der Waals surface area contributed by atoms with Crippen LogP contribution in [0.25, 0.3) is 0 Å². The second-order valence-electron chi connectivity index (χ2n) is 5.97. The second kappa shape index (κ2) is 8.68. The topological polar surface area (TPSA) is 92.8 Å². The van der Waals surface area contributed by atoms with Crippen molar-refractivity contribution in [3.8, 4) is 0 Å². The number of hydrogen-bond acceptors (Lipinski definition) is 5. The zero-order chi connectivity index (χ0) is 21.1. The van der Waals surface area contributed by atoms with Crippen LogP contribution in [0.4, 0.5) is 10.1 Å². The van der Waals surface area contributed by atoms with Crippen LogP contribution in [0.15, 0.2) is 47.4 Å². The minimum atomic E-state index is -3.62. The predicted molar refractivity (Wildman–Crippen MR) is 102 cm³/mol. The molecule has 0 radical (unpaired) electrons. The van der Waals surface area contributed by atoms with Crippen molar-refractivity contribution in [2.45, 2.75) is 17.9 Å². The van der Waals surface area contributed by atoms with Gasteiger partial charge in [-0.1, -0.05) is 11.6 Å². The van der Waals surface area contributed by atoms with Gasteiger partial charge in [0.05, 0.1) is 21.2 Å². The van der Waals surface area contributed by atoms with E-state index in [2.05, 4.69) is 5.32 Å². The summed E-state index contributed by atoms with van der Waals surface area (Å²) in [5.74, 6) is -2.02. The summed E-state index contributed by atoms with van der Waals surface area (Å²) in [6, 6.07) is 8.58. The van der Waals surface area contributed by atoms with Crippen molar-refractivity contribution in [1.82, 2.24) is 4.31 Å². The fourth-order valence-electron chi connectivity index (χ4n) is 2.08. The summed E-state index contributed by atoms with van der Waals surface area (Å²) in [6.45, 7) is 1.36. The molecule has 0 spiro atoms. The molecule has 0 bridgehead atoms. The molecule has 1 N–H and O–H groups in total. The molecule has 0 unspecified atom stereocenters. The number of carbonyl (C=O) groups is 2. The molecule has 0 saturated carbocycles. The molecule has 150 valence electrons. The highest BCUT2D eigenvalue weighted by Gasteiger charge is 2.21. The van der Waals surface area contributed by atoms with Gasteiger partial charge in [0.25, 0.3) is 5.91 Å². The van der Waals surface area contributed by atoms with E-state index in [0.29, 0.717) is 0 Å². The molecule has 2 aromatic rings. The number of nitrogens with one attached hydrogen (secondary N) is 1. The minimum absolute atomic E-state index is 0.00423. The lowest BCUT2D eigenvalue weighted by atomic mass is 10.2. The molecule has 2 rings (SSSR count). The lowest BCUT2D eigenvalue weighted by molar-refractivity contribution is -0.123. The summed E-state index contributed by atoms with van der Waals surface area (Å²) < 4.78 is 43.2. The van der Waals surface area contributed by atoms with Gasteiger partial charge in [-0.15, -0.1) is 0 Å². The Hall–Kier alpha value is -2.49. The molecule has 2 aromatic carbocycles. The molecule has 7 nitrogen and oxygen atoms in total. The summed E-state index contributed by atoms with van der Waals surface area (Å²) in [4.78, 5) is 24.4. The van der Waals surface area contributed by atoms with Gasteiger partial charge in [-0.2, -0.15) is 0 Å². The zero-order valence-electron chi connectivity index (χ0n) is 15.3. The van der Waals surface area contributed by atoms with Gasteiger partial charge >= 0.3 is 5.97 Å². The van der Waals surface area contributed by atoms with E-state index >= 15 is 0 Å². The Morgan fingerprint density at radius 3 is 2.29 bits per heavy atom. The summed E-state index contributed by atoms with van der Waals surface area (Å²) >= 11 is 5.84. The average molecular weight is 429 g/mol. The number of hydrogen-bond donors (Lipinski definition) is 1. The molecule has 0 aliphatic heterocycles. The summed E-state index contributed by atoms with van der Waals surface area (Å²) in [6.07, 6.45) is -1.17. The third-order valence-electron chi connectivity index (χ3n) is 3.71. The van der Waals surface area contributed by atoms with Crippen LogP contribution in [0.5, 0.6) is 0 Å². The molecular weight excluding hydrogens is 411 g/mol. The van der Waals surface area contributed by atoms with E-state index in [9.17, 15) is 22.4 Å². The number of ether oxygens (including phenoxy) is 1. The van der Waals surface area contributed by atoms with Crippen LogP contribution in [-0.4, -0.2) is 44.8 Å². The number of halogens is 2. The third kappa shape index (κ3) is 5.06. The Labute approximate surface area is 167 Å². The van der Waals surface area contributed by atoms with E-state index in [1.54, 1.807) is 0 Å².